The van der Waals surface area contributed by atoms with E-state index >= 15 is 0 Å². The first kappa shape index (κ1) is 20.5. The van der Waals surface area contributed by atoms with E-state index in [9.17, 15) is 9.59 Å². The van der Waals surface area contributed by atoms with E-state index in [1.165, 1.54) is 36.6 Å². The molecular formula is C18H12Cl3N3O3S. The molecular weight excluding hydrogens is 445 g/mol. The van der Waals surface area contributed by atoms with Gasteiger partial charge in [0.25, 0.3) is 5.91 Å². The van der Waals surface area contributed by atoms with Crippen molar-refractivity contribution in [3.63, 3.8) is 0 Å². The third kappa shape index (κ3) is 4.99. The predicted molar refractivity (Wildman–Crippen MR) is 110 cm³/mol. The molecule has 0 spiro atoms. The first-order valence-electron chi connectivity index (χ1n) is 7.88. The largest absolute Gasteiger partial charge is 0.449 e. The number of carbonyl (C=O) groups is 2. The number of halogens is 3. The summed E-state index contributed by atoms with van der Waals surface area (Å²) < 4.78 is 5.15. The molecule has 2 heterocycles. The summed E-state index contributed by atoms with van der Waals surface area (Å²) in [6.07, 6.45) is 0.348. The zero-order valence-corrected chi connectivity index (χ0v) is 17.4. The van der Waals surface area contributed by atoms with Crippen LogP contribution in [0.1, 0.15) is 17.3 Å². The van der Waals surface area contributed by atoms with Crippen molar-refractivity contribution in [1.82, 2.24) is 9.97 Å². The fourth-order valence-electron chi connectivity index (χ4n) is 2.14. The highest BCUT2D eigenvalue weighted by atomic mass is 35.5. The fourth-order valence-corrected chi connectivity index (χ4v) is 3.33. The summed E-state index contributed by atoms with van der Waals surface area (Å²) in [7, 11) is 0. The molecule has 1 aromatic carbocycles. The molecule has 1 atom stereocenters. The van der Waals surface area contributed by atoms with E-state index in [1.54, 1.807) is 23.6 Å². The molecule has 0 saturated heterocycles. The van der Waals surface area contributed by atoms with Crippen LogP contribution in [0.15, 0.2) is 41.9 Å². The van der Waals surface area contributed by atoms with Crippen molar-refractivity contribution in [2.45, 2.75) is 13.0 Å². The molecule has 0 bridgehead atoms. The number of anilines is 1. The van der Waals surface area contributed by atoms with E-state index in [-0.39, 0.29) is 10.7 Å². The molecule has 6 nitrogen and oxygen atoms in total. The summed E-state index contributed by atoms with van der Waals surface area (Å²) in [4.78, 5) is 32.5. The molecule has 0 aliphatic rings. The lowest BCUT2D eigenvalue weighted by atomic mass is 10.2. The number of benzene rings is 1. The van der Waals surface area contributed by atoms with Gasteiger partial charge in [0, 0.05) is 17.1 Å². The van der Waals surface area contributed by atoms with E-state index in [0.29, 0.717) is 20.9 Å². The normalized spacial score (nSPS) is 11.7. The van der Waals surface area contributed by atoms with E-state index in [4.69, 9.17) is 39.5 Å². The molecule has 3 rings (SSSR count). The Balaban J connectivity index is 1.63. The van der Waals surface area contributed by atoms with Crippen LogP contribution in [0.4, 0.5) is 5.13 Å². The SMILES string of the molecule is CC(OC(=O)c1ccnc(Cl)c1)C(=O)Nc1nc(-c2ccc(Cl)c(Cl)c2)cs1. The van der Waals surface area contributed by atoms with Crippen molar-refractivity contribution in [3.05, 3.63) is 62.7 Å². The number of nitrogens with zero attached hydrogens (tertiary/aromatic N) is 2. The second kappa shape index (κ2) is 8.87. The lowest BCUT2D eigenvalue weighted by molar-refractivity contribution is -0.123. The third-order valence-electron chi connectivity index (χ3n) is 3.56. The number of ether oxygens (including phenoxy) is 1. The number of thiazole rings is 1. The van der Waals surface area contributed by atoms with E-state index < -0.39 is 18.0 Å². The Labute approximate surface area is 179 Å². The van der Waals surface area contributed by atoms with Gasteiger partial charge in [-0.15, -0.1) is 11.3 Å². The number of hydrogen-bond donors (Lipinski definition) is 1. The van der Waals surface area contributed by atoms with Gasteiger partial charge in [-0.1, -0.05) is 40.9 Å². The Morgan fingerprint density at radius 2 is 1.93 bits per heavy atom. The minimum atomic E-state index is -1.03. The lowest BCUT2D eigenvalue weighted by Gasteiger charge is -2.12. The number of nitrogens with one attached hydrogen (secondary N) is 1. The molecule has 1 amide bonds. The van der Waals surface area contributed by atoms with Crippen LogP contribution < -0.4 is 5.32 Å². The van der Waals surface area contributed by atoms with Crippen molar-refractivity contribution in [3.8, 4) is 11.3 Å². The quantitative estimate of drug-likeness (QED) is 0.413. The molecule has 28 heavy (non-hydrogen) atoms. The van der Waals surface area contributed by atoms with Crippen LogP contribution in [0.3, 0.4) is 0 Å². The van der Waals surface area contributed by atoms with Gasteiger partial charge in [-0.25, -0.2) is 14.8 Å². The topological polar surface area (TPSA) is 81.2 Å². The maximum atomic E-state index is 12.3. The molecule has 0 radical (unpaired) electrons. The lowest BCUT2D eigenvalue weighted by Crippen LogP contribution is -2.30. The molecule has 3 aromatic rings. The maximum absolute atomic E-state index is 12.3. The van der Waals surface area contributed by atoms with E-state index in [1.807, 2.05) is 0 Å². The highest BCUT2D eigenvalue weighted by Crippen LogP contribution is 2.30. The number of amides is 1. The zero-order chi connectivity index (χ0) is 20.3. The highest BCUT2D eigenvalue weighted by molar-refractivity contribution is 7.14. The Bertz CT molecular complexity index is 1040. The highest BCUT2D eigenvalue weighted by Gasteiger charge is 2.20. The Hall–Kier alpha value is -2.19. The first-order chi connectivity index (χ1) is 13.3. The van der Waals surface area contributed by atoms with Crippen LogP contribution in [0, 0.1) is 0 Å². The number of rotatable bonds is 5. The van der Waals surface area contributed by atoms with Gasteiger partial charge in [-0.3, -0.25) is 10.1 Å². The van der Waals surface area contributed by atoms with Gasteiger partial charge in [-0.05, 0) is 31.2 Å². The van der Waals surface area contributed by atoms with Crippen molar-refractivity contribution >= 4 is 63.1 Å². The summed E-state index contributed by atoms with van der Waals surface area (Å²) in [5.41, 5.74) is 1.60. The minimum absolute atomic E-state index is 0.157. The number of aromatic nitrogens is 2. The summed E-state index contributed by atoms with van der Waals surface area (Å²) >= 11 is 18.9. The molecule has 1 unspecified atom stereocenters. The number of pyridine rings is 1. The Morgan fingerprint density at radius 3 is 2.64 bits per heavy atom. The summed E-state index contributed by atoms with van der Waals surface area (Å²) in [5, 5.41) is 5.76. The number of esters is 1. The Kier molecular flexibility index (Phi) is 6.51. The van der Waals surface area contributed by atoms with Crippen LogP contribution in [-0.2, 0) is 9.53 Å². The second-order valence-corrected chi connectivity index (χ2v) is 7.63. The second-order valence-electron chi connectivity index (χ2n) is 5.57. The van der Waals surface area contributed by atoms with E-state index in [2.05, 4.69) is 15.3 Å². The molecule has 0 fully saturated rings. The molecule has 1 N–H and O–H groups in total. The van der Waals surface area contributed by atoms with Gasteiger partial charge in [0.1, 0.15) is 5.15 Å². The van der Waals surface area contributed by atoms with Crippen LogP contribution in [0.25, 0.3) is 11.3 Å². The van der Waals surface area contributed by atoms with Gasteiger partial charge in [0.2, 0.25) is 0 Å². The third-order valence-corrected chi connectivity index (χ3v) is 5.27. The van der Waals surface area contributed by atoms with Gasteiger partial charge in [0.15, 0.2) is 11.2 Å². The maximum Gasteiger partial charge on any atom is 0.339 e. The van der Waals surface area contributed by atoms with Crippen molar-refractivity contribution in [2.24, 2.45) is 0 Å². The molecule has 10 heteroatoms. The molecule has 0 saturated carbocycles. The molecule has 144 valence electrons. The summed E-state index contributed by atoms with van der Waals surface area (Å²) in [6.45, 7) is 1.46. The molecule has 0 aliphatic carbocycles. The van der Waals surface area contributed by atoms with Gasteiger partial charge < -0.3 is 4.74 Å². The smallest absolute Gasteiger partial charge is 0.339 e. The molecule has 2 aromatic heterocycles. The molecule has 0 aliphatic heterocycles. The van der Waals surface area contributed by atoms with Gasteiger partial charge in [0.05, 0.1) is 21.3 Å². The van der Waals surface area contributed by atoms with Crippen molar-refractivity contribution in [2.75, 3.05) is 5.32 Å². The zero-order valence-electron chi connectivity index (χ0n) is 14.3. The van der Waals surface area contributed by atoms with Crippen LogP contribution in [0.5, 0.6) is 0 Å². The van der Waals surface area contributed by atoms with Gasteiger partial charge in [-0.2, -0.15) is 0 Å². The van der Waals surface area contributed by atoms with E-state index in [0.717, 1.165) is 5.56 Å². The number of carbonyl (C=O) groups excluding carboxylic acids is 2. The average molecular weight is 457 g/mol. The minimum Gasteiger partial charge on any atom is -0.449 e. The summed E-state index contributed by atoms with van der Waals surface area (Å²) in [6, 6.07) is 7.94. The van der Waals surface area contributed by atoms with Crippen LogP contribution in [0.2, 0.25) is 15.2 Å². The Morgan fingerprint density at radius 1 is 1.14 bits per heavy atom. The van der Waals surface area contributed by atoms with Crippen molar-refractivity contribution in [1.29, 1.82) is 0 Å². The number of hydrogen-bond acceptors (Lipinski definition) is 6. The van der Waals surface area contributed by atoms with Crippen molar-refractivity contribution < 1.29 is 14.3 Å². The standard InChI is InChI=1S/C18H12Cl3N3O3S/c1-9(27-17(26)11-4-5-22-15(21)7-11)16(25)24-18-23-14(8-28-18)10-2-3-12(19)13(20)6-10/h2-9H,1H3,(H,23,24,25). The average Bonchev–Trinajstić information content (AvgIpc) is 3.12. The van der Waals surface area contributed by atoms with Gasteiger partial charge >= 0.3 is 5.97 Å². The van der Waals surface area contributed by atoms with Crippen LogP contribution in [-0.4, -0.2) is 27.9 Å². The van der Waals surface area contributed by atoms with Crippen LogP contribution >= 0.6 is 46.1 Å². The predicted octanol–water partition coefficient (Wildman–Crippen LogP) is 5.35. The monoisotopic (exact) mass is 455 g/mol. The first-order valence-corrected chi connectivity index (χ1v) is 9.89. The fraction of sp³-hybridized carbons (Fsp3) is 0.111. The summed E-state index contributed by atoms with van der Waals surface area (Å²) in [5.74, 6) is -1.19.